The number of hydrogen-bond donors (Lipinski definition) is 1. The molecule has 1 rings (SSSR count). The van der Waals surface area contributed by atoms with Gasteiger partial charge in [-0.05, 0) is 60.3 Å². The van der Waals surface area contributed by atoms with Crippen molar-refractivity contribution in [2.24, 2.45) is 0 Å². The van der Waals surface area contributed by atoms with Gasteiger partial charge in [0.2, 0.25) is 0 Å². The zero-order chi connectivity index (χ0) is 14.0. The Balaban J connectivity index is 2.72. The van der Waals surface area contributed by atoms with E-state index in [1.165, 1.54) is 5.57 Å². The molecule has 0 radical (unpaired) electrons. The van der Waals surface area contributed by atoms with Crippen LogP contribution in [0.5, 0.6) is 0 Å². The average Bonchev–Trinajstić information content (AvgIpc) is 2.57. The molecule has 0 aromatic carbocycles. The fourth-order valence-corrected chi connectivity index (χ4v) is 2.53. The minimum Gasteiger partial charge on any atom is -0.387 e. The van der Waals surface area contributed by atoms with Crippen molar-refractivity contribution in [3.05, 3.63) is 24.3 Å². The molecular formula is C16H28O2. The molecule has 1 aliphatic rings. The summed E-state index contributed by atoms with van der Waals surface area (Å²) in [5.41, 5.74) is -0.292. The van der Waals surface area contributed by atoms with Crippen molar-refractivity contribution in [2.45, 2.75) is 77.1 Å². The second-order valence-electron chi connectivity index (χ2n) is 6.44. The summed E-state index contributed by atoms with van der Waals surface area (Å²) in [6.07, 6.45) is 7.42. The van der Waals surface area contributed by atoms with Gasteiger partial charge in [-0.15, -0.1) is 6.58 Å². The molecule has 0 spiro atoms. The Kier molecular flexibility index (Phi) is 4.45. The van der Waals surface area contributed by atoms with Crippen LogP contribution in [-0.4, -0.2) is 21.9 Å². The molecule has 0 aromatic rings. The molecule has 0 aliphatic carbocycles. The summed E-state index contributed by atoms with van der Waals surface area (Å²) in [6.45, 7) is 13.9. The van der Waals surface area contributed by atoms with Crippen LogP contribution in [0.3, 0.4) is 0 Å². The van der Waals surface area contributed by atoms with Crippen molar-refractivity contribution >= 4 is 0 Å². The molecule has 3 unspecified atom stereocenters. The van der Waals surface area contributed by atoms with Crippen molar-refractivity contribution in [1.82, 2.24) is 0 Å². The number of ether oxygens (including phenoxy) is 1. The summed E-state index contributed by atoms with van der Waals surface area (Å²) in [4.78, 5) is 0. The van der Waals surface area contributed by atoms with Crippen LogP contribution < -0.4 is 0 Å². The van der Waals surface area contributed by atoms with Gasteiger partial charge < -0.3 is 9.84 Å². The van der Waals surface area contributed by atoms with E-state index < -0.39 is 11.2 Å². The largest absolute Gasteiger partial charge is 0.387 e. The lowest BCUT2D eigenvalue weighted by Gasteiger charge is -2.41. The third kappa shape index (κ3) is 3.24. The lowest BCUT2D eigenvalue weighted by molar-refractivity contribution is -0.174. The van der Waals surface area contributed by atoms with Crippen LogP contribution in [0.25, 0.3) is 0 Å². The molecule has 1 N–H and O–H groups in total. The minimum absolute atomic E-state index is 0.296. The van der Waals surface area contributed by atoms with Gasteiger partial charge in [0.25, 0.3) is 0 Å². The lowest BCUT2D eigenvalue weighted by atomic mass is 9.80. The zero-order valence-corrected chi connectivity index (χ0v) is 12.5. The SMILES string of the molecule is C=CC1(C)CCC(C)(C(C)(O)CCC=C(C)C)O1. The maximum absolute atomic E-state index is 10.7. The van der Waals surface area contributed by atoms with Crippen LogP contribution in [0.15, 0.2) is 24.3 Å². The summed E-state index contributed by atoms with van der Waals surface area (Å²) in [5.74, 6) is 0. The Labute approximate surface area is 112 Å². The van der Waals surface area contributed by atoms with Crippen LogP contribution in [0.2, 0.25) is 0 Å². The van der Waals surface area contributed by atoms with Crippen molar-refractivity contribution < 1.29 is 9.84 Å². The normalized spacial score (nSPS) is 35.0. The fraction of sp³-hybridized carbons (Fsp3) is 0.750. The van der Waals surface area contributed by atoms with E-state index in [9.17, 15) is 5.11 Å². The van der Waals surface area contributed by atoms with Crippen molar-refractivity contribution in [2.75, 3.05) is 0 Å². The first-order valence-electron chi connectivity index (χ1n) is 6.84. The van der Waals surface area contributed by atoms with Gasteiger partial charge in [-0.25, -0.2) is 0 Å². The van der Waals surface area contributed by atoms with E-state index in [4.69, 9.17) is 4.74 Å². The molecular weight excluding hydrogens is 224 g/mol. The summed E-state index contributed by atoms with van der Waals surface area (Å²) in [5, 5.41) is 10.7. The molecule has 1 fully saturated rings. The predicted molar refractivity (Wildman–Crippen MR) is 76.6 cm³/mol. The van der Waals surface area contributed by atoms with Crippen molar-refractivity contribution in [3.8, 4) is 0 Å². The monoisotopic (exact) mass is 252 g/mol. The molecule has 0 saturated carbocycles. The highest BCUT2D eigenvalue weighted by Crippen LogP contribution is 2.45. The van der Waals surface area contributed by atoms with Gasteiger partial charge in [0, 0.05) is 0 Å². The highest BCUT2D eigenvalue weighted by molar-refractivity contribution is 5.09. The summed E-state index contributed by atoms with van der Waals surface area (Å²) >= 11 is 0. The summed E-state index contributed by atoms with van der Waals surface area (Å²) in [7, 11) is 0. The third-order valence-corrected chi connectivity index (χ3v) is 4.31. The second kappa shape index (κ2) is 5.18. The first-order chi connectivity index (χ1) is 8.14. The second-order valence-corrected chi connectivity index (χ2v) is 6.44. The van der Waals surface area contributed by atoms with E-state index in [2.05, 4.69) is 26.5 Å². The van der Waals surface area contributed by atoms with Crippen LogP contribution in [0.4, 0.5) is 0 Å². The first kappa shape index (κ1) is 15.5. The standard InChI is InChI=1S/C16H28O2/c1-7-14(4)11-12-16(6,18-14)15(5,17)10-8-9-13(2)3/h7,9,17H,1,8,10-12H2,2-6H3. The Bertz CT molecular complexity index is 339. The predicted octanol–water partition coefficient (Wildman–Crippen LogP) is 4.00. The number of rotatable bonds is 5. The van der Waals surface area contributed by atoms with Crippen LogP contribution in [0, 0.1) is 0 Å². The van der Waals surface area contributed by atoms with Gasteiger partial charge in [-0.2, -0.15) is 0 Å². The molecule has 2 nitrogen and oxygen atoms in total. The molecule has 18 heavy (non-hydrogen) atoms. The van der Waals surface area contributed by atoms with E-state index in [1.54, 1.807) is 0 Å². The Morgan fingerprint density at radius 3 is 2.44 bits per heavy atom. The number of hydrogen-bond acceptors (Lipinski definition) is 2. The maximum atomic E-state index is 10.7. The quantitative estimate of drug-likeness (QED) is 0.749. The molecule has 0 amide bonds. The molecule has 1 aliphatic heterocycles. The van der Waals surface area contributed by atoms with Crippen molar-refractivity contribution in [1.29, 1.82) is 0 Å². The highest BCUT2D eigenvalue weighted by atomic mass is 16.5. The summed E-state index contributed by atoms with van der Waals surface area (Å²) < 4.78 is 6.12. The third-order valence-electron chi connectivity index (χ3n) is 4.31. The van der Waals surface area contributed by atoms with E-state index in [1.807, 2.05) is 26.8 Å². The first-order valence-corrected chi connectivity index (χ1v) is 6.84. The number of allylic oxidation sites excluding steroid dienone is 2. The smallest absolute Gasteiger partial charge is 0.0950 e. The molecule has 0 aromatic heterocycles. The Hall–Kier alpha value is -0.600. The number of aliphatic hydroxyl groups is 1. The average molecular weight is 252 g/mol. The van der Waals surface area contributed by atoms with E-state index in [-0.39, 0.29) is 5.60 Å². The topological polar surface area (TPSA) is 29.5 Å². The Morgan fingerprint density at radius 2 is 2.00 bits per heavy atom. The van der Waals surface area contributed by atoms with Gasteiger partial charge in [0.05, 0.1) is 16.8 Å². The highest BCUT2D eigenvalue weighted by Gasteiger charge is 2.52. The van der Waals surface area contributed by atoms with Crippen LogP contribution in [-0.2, 0) is 4.74 Å². The molecule has 1 saturated heterocycles. The van der Waals surface area contributed by atoms with Crippen LogP contribution >= 0.6 is 0 Å². The fourth-order valence-electron chi connectivity index (χ4n) is 2.53. The maximum Gasteiger partial charge on any atom is 0.0950 e. The van der Waals surface area contributed by atoms with Gasteiger partial charge in [-0.1, -0.05) is 17.7 Å². The molecule has 1 heterocycles. The molecule has 3 atom stereocenters. The Morgan fingerprint density at radius 1 is 1.39 bits per heavy atom. The van der Waals surface area contributed by atoms with Gasteiger partial charge in [0.1, 0.15) is 0 Å². The van der Waals surface area contributed by atoms with Crippen molar-refractivity contribution in [3.63, 3.8) is 0 Å². The van der Waals surface area contributed by atoms with Gasteiger partial charge in [-0.3, -0.25) is 0 Å². The zero-order valence-electron chi connectivity index (χ0n) is 12.5. The molecule has 2 heteroatoms. The molecule has 104 valence electrons. The minimum atomic E-state index is -0.806. The molecule has 0 bridgehead atoms. The van der Waals surface area contributed by atoms with E-state index in [0.717, 1.165) is 25.7 Å². The van der Waals surface area contributed by atoms with E-state index >= 15 is 0 Å². The summed E-state index contributed by atoms with van der Waals surface area (Å²) in [6, 6.07) is 0. The van der Waals surface area contributed by atoms with Gasteiger partial charge in [0.15, 0.2) is 0 Å². The lowest BCUT2D eigenvalue weighted by Crippen LogP contribution is -2.50. The van der Waals surface area contributed by atoms with Gasteiger partial charge >= 0.3 is 0 Å². The van der Waals surface area contributed by atoms with E-state index in [0.29, 0.717) is 0 Å². The van der Waals surface area contributed by atoms with Crippen LogP contribution in [0.1, 0.15) is 60.3 Å².